The fourth-order valence-electron chi connectivity index (χ4n) is 4.26. The summed E-state index contributed by atoms with van der Waals surface area (Å²) in [7, 11) is -0.882. The molecule has 0 saturated heterocycles. The highest BCUT2D eigenvalue weighted by atomic mass is 28.3. The van der Waals surface area contributed by atoms with Crippen LogP contribution in [-0.2, 0) is 14.0 Å². The predicted molar refractivity (Wildman–Crippen MR) is 124 cm³/mol. The Balaban J connectivity index is 2.54. The molecule has 0 radical (unpaired) electrons. The molecule has 0 aromatic carbocycles. The Bertz CT molecular complexity index is 498. The minimum Gasteiger partial charge on any atom is -0.466 e. The van der Waals surface area contributed by atoms with Crippen molar-refractivity contribution in [1.29, 1.82) is 0 Å². The normalized spacial score (nSPS) is 24.2. The molecule has 4 nitrogen and oxygen atoms in total. The van der Waals surface area contributed by atoms with Gasteiger partial charge in [0.15, 0.2) is 9.04 Å². The van der Waals surface area contributed by atoms with E-state index in [2.05, 4.69) is 46.0 Å². The maximum Gasteiger partial charge on any atom is 0.308 e. The first-order chi connectivity index (χ1) is 13.6. The first-order valence-electron chi connectivity index (χ1n) is 11.7. The van der Waals surface area contributed by atoms with Crippen LogP contribution in [0.5, 0.6) is 0 Å². The SMILES string of the molecule is CCOC(=O)CC1(O)CCCC(C=CC(CCCCCO[SiH](C)C)C(C)(C)C)C1. The first-order valence-corrected chi connectivity index (χ1v) is 14.5. The van der Waals surface area contributed by atoms with Gasteiger partial charge in [0, 0.05) is 6.61 Å². The lowest BCUT2D eigenvalue weighted by Gasteiger charge is -2.35. The van der Waals surface area contributed by atoms with E-state index in [1.807, 2.05) is 0 Å². The average molecular weight is 427 g/mol. The fourth-order valence-corrected chi connectivity index (χ4v) is 4.90. The van der Waals surface area contributed by atoms with Crippen LogP contribution in [0.1, 0.15) is 85.5 Å². The van der Waals surface area contributed by atoms with E-state index in [4.69, 9.17) is 9.16 Å². The molecule has 0 heterocycles. The molecule has 1 aliphatic rings. The summed E-state index contributed by atoms with van der Waals surface area (Å²) in [6.07, 6.45) is 13.0. The third-order valence-electron chi connectivity index (χ3n) is 5.98. The molecule has 0 aromatic heterocycles. The van der Waals surface area contributed by atoms with E-state index < -0.39 is 14.6 Å². The van der Waals surface area contributed by atoms with Crippen molar-refractivity contribution in [3.05, 3.63) is 12.2 Å². The van der Waals surface area contributed by atoms with Crippen LogP contribution in [0.3, 0.4) is 0 Å². The van der Waals surface area contributed by atoms with Gasteiger partial charge in [0.05, 0.1) is 18.6 Å². The van der Waals surface area contributed by atoms with Crippen LogP contribution >= 0.6 is 0 Å². The number of esters is 1. The Labute approximate surface area is 181 Å². The fraction of sp³-hybridized carbons (Fsp3) is 0.875. The Morgan fingerprint density at radius 2 is 2.00 bits per heavy atom. The summed E-state index contributed by atoms with van der Waals surface area (Å²) >= 11 is 0. The lowest BCUT2D eigenvalue weighted by Crippen LogP contribution is -2.37. The van der Waals surface area contributed by atoms with Crippen LogP contribution in [0.25, 0.3) is 0 Å². The third kappa shape index (κ3) is 11.3. The van der Waals surface area contributed by atoms with Gasteiger partial charge < -0.3 is 14.3 Å². The Morgan fingerprint density at radius 1 is 1.28 bits per heavy atom. The highest BCUT2D eigenvalue weighted by molar-refractivity contribution is 6.48. The summed E-state index contributed by atoms with van der Waals surface area (Å²) < 4.78 is 10.8. The minimum atomic E-state index is -0.906. The molecule has 1 aliphatic carbocycles. The molecule has 1 N–H and O–H groups in total. The van der Waals surface area contributed by atoms with Gasteiger partial charge in [-0.3, -0.25) is 4.79 Å². The van der Waals surface area contributed by atoms with E-state index in [1.165, 1.54) is 19.3 Å². The van der Waals surface area contributed by atoms with Gasteiger partial charge in [-0.2, -0.15) is 0 Å². The van der Waals surface area contributed by atoms with Gasteiger partial charge in [-0.25, -0.2) is 0 Å². The van der Waals surface area contributed by atoms with Crippen molar-refractivity contribution >= 4 is 15.0 Å². The second kappa shape index (κ2) is 12.9. The number of aliphatic hydroxyl groups is 1. The number of hydrogen-bond acceptors (Lipinski definition) is 4. The molecule has 3 atom stereocenters. The zero-order valence-electron chi connectivity index (χ0n) is 19.8. The van der Waals surface area contributed by atoms with Gasteiger partial charge in [0.2, 0.25) is 0 Å². The topological polar surface area (TPSA) is 55.8 Å². The monoisotopic (exact) mass is 426 g/mol. The largest absolute Gasteiger partial charge is 0.466 e. The van der Waals surface area contributed by atoms with Crippen molar-refractivity contribution in [3.63, 3.8) is 0 Å². The molecule has 29 heavy (non-hydrogen) atoms. The van der Waals surface area contributed by atoms with Crippen molar-refractivity contribution in [1.82, 2.24) is 0 Å². The minimum absolute atomic E-state index is 0.120. The molecule has 5 heteroatoms. The quantitative estimate of drug-likeness (QED) is 0.190. The number of rotatable bonds is 12. The molecule has 0 aliphatic heterocycles. The molecular formula is C24H46O4Si. The number of hydrogen-bond donors (Lipinski definition) is 1. The molecule has 3 unspecified atom stereocenters. The smallest absolute Gasteiger partial charge is 0.308 e. The second-order valence-corrected chi connectivity index (χ2v) is 12.6. The summed E-state index contributed by atoms with van der Waals surface area (Å²) in [6.45, 7) is 14.5. The van der Waals surface area contributed by atoms with Crippen molar-refractivity contribution in [2.75, 3.05) is 13.2 Å². The first kappa shape index (κ1) is 26.4. The van der Waals surface area contributed by atoms with Crippen LogP contribution < -0.4 is 0 Å². The van der Waals surface area contributed by atoms with Gasteiger partial charge in [0.1, 0.15) is 0 Å². The summed E-state index contributed by atoms with van der Waals surface area (Å²) in [5.74, 6) is 0.594. The summed E-state index contributed by atoms with van der Waals surface area (Å²) in [5.41, 5.74) is -0.676. The van der Waals surface area contributed by atoms with E-state index in [-0.39, 0.29) is 17.8 Å². The molecule has 0 spiro atoms. The molecule has 1 fully saturated rings. The molecular weight excluding hydrogens is 380 g/mol. The molecule has 1 saturated carbocycles. The zero-order chi connectivity index (χ0) is 21.9. The Hall–Kier alpha value is -0.653. The standard InChI is InChI=1S/C24H46O4Si/c1-7-27-22(25)19-24(26)16-11-12-20(18-24)14-15-21(23(2,3)4)13-9-8-10-17-28-29(5)6/h14-15,20-21,26,29H,7-13,16-19H2,1-6H3. The van der Waals surface area contributed by atoms with Gasteiger partial charge in [-0.1, -0.05) is 45.8 Å². The molecule has 170 valence electrons. The maximum absolute atomic E-state index is 11.8. The maximum atomic E-state index is 11.8. The highest BCUT2D eigenvalue weighted by Crippen LogP contribution is 2.37. The molecule has 1 rings (SSSR count). The van der Waals surface area contributed by atoms with Gasteiger partial charge in [-0.15, -0.1) is 0 Å². The molecule has 0 bridgehead atoms. The summed E-state index contributed by atoms with van der Waals surface area (Å²) in [5, 5.41) is 10.9. The van der Waals surface area contributed by atoms with Gasteiger partial charge in [-0.05, 0) is 75.8 Å². The average Bonchev–Trinajstić information content (AvgIpc) is 2.58. The number of unbranched alkanes of at least 4 members (excludes halogenated alkanes) is 2. The van der Waals surface area contributed by atoms with Crippen LogP contribution in [0.15, 0.2) is 12.2 Å². The number of carbonyl (C=O) groups excluding carboxylic acids is 1. The predicted octanol–water partition coefficient (Wildman–Crippen LogP) is 5.64. The van der Waals surface area contributed by atoms with E-state index in [1.54, 1.807) is 6.92 Å². The van der Waals surface area contributed by atoms with Crippen molar-refractivity contribution in [2.45, 2.75) is 104 Å². The van der Waals surface area contributed by atoms with Crippen LogP contribution in [0, 0.1) is 17.3 Å². The Kier molecular flexibility index (Phi) is 11.7. The van der Waals surface area contributed by atoms with E-state index in [0.717, 1.165) is 25.9 Å². The van der Waals surface area contributed by atoms with Crippen LogP contribution in [0.4, 0.5) is 0 Å². The number of carbonyl (C=O) groups is 1. The number of ether oxygens (including phenoxy) is 1. The van der Waals surface area contributed by atoms with Crippen molar-refractivity contribution in [2.24, 2.45) is 17.3 Å². The van der Waals surface area contributed by atoms with Crippen molar-refractivity contribution < 1.29 is 19.1 Å². The lowest BCUT2D eigenvalue weighted by molar-refractivity contribution is -0.150. The van der Waals surface area contributed by atoms with Crippen LogP contribution in [-0.4, -0.2) is 38.9 Å². The van der Waals surface area contributed by atoms with E-state index in [0.29, 0.717) is 31.3 Å². The van der Waals surface area contributed by atoms with E-state index >= 15 is 0 Å². The van der Waals surface area contributed by atoms with Crippen molar-refractivity contribution in [3.8, 4) is 0 Å². The summed E-state index contributed by atoms with van der Waals surface area (Å²) in [4.78, 5) is 11.8. The van der Waals surface area contributed by atoms with E-state index in [9.17, 15) is 9.90 Å². The van der Waals surface area contributed by atoms with Gasteiger partial charge >= 0.3 is 5.97 Å². The zero-order valence-corrected chi connectivity index (χ0v) is 21.0. The third-order valence-corrected chi connectivity index (χ3v) is 6.88. The highest BCUT2D eigenvalue weighted by Gasteiger charge is 2.36. The number of allylic oxidation sites excluding steroid dienone is 2. The second-order valence-electron chi connectivity index (χ2n) is 10.2. The van der Waals surface area contributed by atoms with Crippen LogP contribution in [0.2, 0.25) is 13.1 Å². The van der Waals surface area contributed by atoms with Gasteiger partial charge in [0.25, 0.3) is 0 Å². The summed E-state index contributed by atoms with van der Waals surface area (Å²) in [6, 6.07) is 0. The Morgan fingerprint density at radius 3 is 2.62 bits per heavy atom. The lowest BCUT2D eigenvalue weighted by atomic mass is 9.74. The molecule has 0 amide bonds. The molecule has 0 aromatic rings.